The van der Waals surface area contributed by atoms with Crippen LogP contribution in [0.3, 0.4) is 0 Å². The number of nitrogens with zero attached hydrogens (tertiary/aromatic N) is 6. The van der Waals surface area contributed by atoms with E-state index in [1.807, 2.05) is 0 Å². The van der Waals surface area contributed by atoms with Crippen molar-refractivity contribution in [2.24, 2.45) is 7.05 Å². The van der Waals surface area contributed by atoms with E-state index in [9.17, 15) is 13.2 Å². The third-order valence-corrected chi connectivity index (χ3v) is 6.89. The van der Waals surface area contributed by atoms with Gasteiger partial charge in [-0.2, -0.15) is 18.2 Å². The summed E-state index contributed by atoms with van der Waals surface area (Å²) in [6.07, 6.45) is 1.75. The predicted molar refractivity (Wildman–Crippen MR) is 131 cm³/mol. The molecule has 202 valence electrons. The molecule has 0 aliphatic heterocycles. The van der Waals surface area contributed by atoms with Crippen molar-refractivity contribution in [1.82, 2.24) is 29.5 Å². The third kappa shape index (κ3) is 4.90. The Morgan fingerprint density at radius 2 is 1.77 bits per heavy atom. The number of methoxy groups -OCH3 is 1. The number of hydrogen-bond acceptors (Lipinski definition) is 7. The van der Waals surface area contributed by atoms with Gasteiger partial charge in [0.25, 0.3) is 0 Å². The molecule has 2 fully saturated rings. The van der Waals surface area contributed by atoms with E-state index in [-0.39, 0.29) is 35.5 Å². The van der Waals surface area contributed by atoms with Crippen LogP contribution >= 0.6 is 0 Å². The Morgan fingerprint density at radius 3 is 2.44 bits per heavy atom. The van der Waals surface area contributed by atoms with E-state index in [0.717, 1.165) is 18.5 Å². The average molecular weight is 541 g/mol. The van der Waals surface area contributed by atoms with Crippen molar-refractivity contribution in [1.29, 1.82) is 0 Å². The van der Waals surface area contributed by atoms with Crippen molar-refractivity contribution in [3.8, 4) is 34.5 Å². The van der Waals surface area contributed by atoms with Gasteiger partial charge in [-0.15, -0.1) is 0 Å². The molecule has 2 aliphatic rings. The lowest BCUT2D eigenvalue weighted by atomic mass is 10.1. The minimum atomic E-state index is -4.61. The van der Waals surface area contributed by atoms with Gasteiger partial charge in [-0.25, -0.2) is 24.3 Å². The predicted octanol–water partition coefficient (Wildman–Crippen LogP) is 5.83. The maximum atomic E-state index is 15.1. The second-order valence-electron chi connectivity index (χ2n) is 9.74. The molecule has 12 heteroatoms. The maximum Gasteiger partial charge on any atom is 0.435 e. The molecule has 0 radical (unpaired) electrons. The summed E-state index contributed by atoms with van der Waals surface area (Å²) in [6, 6.07) is 5.83. The molecule has 6 rings (SSSR count). The Bertz CT molecular complexity index is 1550. The Balaban J connectivity index is 1.23. The van der Waals surface area contributed by atoms with Gasteiger partial charge in [-0.3, -0.25) is 0 Å². The van der Waals surface area contributed by atoms with Crippen LogP contribution in [-0.2, 0) is 19.8 Å². The van der Waals surface area contributed by atoms with E-state index in [0.29, 0.717) is 41.6 Å². The molecule has 0 N–H and O–H groups in total. The molecule has 0 bridgehead atoms. The molecule has 1 aromatic carbocycles. The van der Waals surface area contributed by atoms with Gasteiger partial charge in [0.2, 0.25) is 11.8 Å². The van der Waals surface area contributed by atoms with Crippen LogP contribution in [0.1, 0.15) is 60.2 Å². The van der Waals surface area contributed by atoms with Gasteiger partial charge in [-0.1, -0.05) is 6.07 Å². The first-order valence-electron chi connectivity index (χ1n) is 12.5. The number of alkyl halides is 3. The standard InChI is InChI=1S/C27H24F4N6O2/c1-37-22(16-6-7-16)23(27(29,30)31)36-25(37)17-8-3-14(11-18(17)28)12-39-19-9-10-32-24(35-19)20-21(15-4-5-15)33-13-34-26(20)38-2/h3,8-11,13,15-16H,4-7,12H2,1-2H3. The van der Waals surface area contributed by atoms with Crippen LogP contribution in [-0.4, -0.2) is 36.6 Å². The van der Waals surface area contributed by atoms with Crippen LogP contribution in [0.4, 0.5) is 17.6 Å². The van der Waals surface area contributed by atoms with Crippen molar-refractivity contribution in [3.63, 3.8) is 0 Å². The molecule has 0 atom stereocenters. The highest BCUT2D eigenvalue weighted by atomic mass is 19.4. The summed E-state index contributed by atoms with van der Waals surface area (Å²) < 4.78 is 68.5. The lowest BCUT2D eigenvalue weighted by Crippen LogP contribution is -2.10. The van der Waals surface area contributed by atoms with Gasteiger partial charge in [0.1, 0.15) is 30.1 Å². The highest BCUT2D eigenvalue weighted by molar-refractivity contribution is 5.66. The van der Waals surface area contributed by atoms with E-state index in [1.165, 1.54) is 37.2 Å². The molecule has 3 aromatic heterocycles. The Morgan fingerprint density at radius 1 is 1.00 bits per heavy atom. The van der Waals surface area contributed by atoms with Crippen LogP contribution in [0, 0.1) is 5.82 Å². The summed E-state index contributed by atoms with van der Waals surface area (Å²) in [5.74, 6) is 0.334. The van der Waals surface area contributed by atoms with E-state index in [2.05, 4.69) is 24.9 Å². The van der Waals surface area contributed by atoms with Crippen LogP contribution in [0.5, 0.6) is 11.8 Å². The van der Waals surface area contributed by atoms with Gasteiger partial charge in [0.05, 0.1) is 24.1 Å². The SMILES string of the molecule is COc1ncnc(C2CC2)c1-c1nccc(OCc2ccc(-c3nc(C(F)(F)F)c(C4CC4)n3C)c(F)c2)n1. The van der Waals surface area contributed by atoms with Crippen LogP contribution in [0.15, 0.2) is 36.8 Å². The van der Waals surface area contributed by atoms with E-state index in [1.54, 1.807) is 18.3 Å². The molecule has 0 saturated heterocycles. The Labute approximate surface area is 221 Å². The number of imidazole rings is 1. The molecule has 2 aliphatic carbocycles. The quantitative estimate of drug-likeness (QED) is 0.260. The molecule has 0 unspecified atom stereocenters. The molecular formula is C27H24F4N6O2. The van der Waals surface area contributed by atoms with Crippen molar-refractivity contribution in [2.75, 3.05) is 7.11 Å². The van der Waals surface area contributed by atoms with Crippen molar-refractivity contribution in [2.45, 2.75) is 50.3 Å². The Hall–Kier alpha value is -4.09. The van der Waals surface area contributed by atoms with E-state index in [4.69, 9.17) is 9.47 Å². The molecule has 0 amide bonds. The molecule has 3 heterocycles. The zero-order chi connectivity index (χ0) is 27.3. The molecule has 2 saturated carbocycles. The van der Waals surface area contributed by atoms with Gasteiger partial charge >= 0.3 is 6.18 Å². The van der Waals surface area contributed by atoms with E-state index < -0.39 is 17.7 Å². The first-order valence-corrected chi connectivity index (χ1v) is 12.5. The number of rotatable bonds is 8. The topological polar surface area (TPSA) is 87.8 Å². The molecule has 39 heavy (non-hydrogen) atoms. The molecule has 0 spiro atoms. The monoisotopic (exact) mass is 540 g/mol. The molecular weight excluding hydrogens is 516 g/mol. The van der Waals surface area contributed by atoms with Crippen molar-refractivity contribution < 1.29 is 27.0 Å². The van der Waals surface area contributed by atoms with Crippen LogP contribution in [0.2, 0.25) is 0 Å². The fourth-order valence-corrected chi connectivity index (χ4v) is 4.73. The summed E-state index contributed by atoms with van der Waals surface area (Å²) in [7, 11) is 3.01. The minimum absolute atomic E-state index is 0.00764. The second kappa shape index (κ2) is 9.58. The highest BCUT2D eigenvalue weighted by Gasteiger charge is 2.43. The number of aromatic nitrogens is 6. The average Bonchev–Trinajstić information content (AvgIpc) is 3.85. The summed E-state index contributed by atoms with van der Waals surface area (Å²) >= 11 is 0. The van der Waals surface area contributed by atoms with Gasteiger partial charge < -0.3 is 14.0 Å². The summed E-state index contributed by atoms with van der Waals surface area (Å²) in [6.45, 7) is -0.0206. The largest absolute Gasteiger partial charge is 0.480 e. The normalized spacial score (nSPS) is 15.4. The van der Waals surface area contributed by atoms with Gasteiger partial charge in [-0.05, 0) is 43.4 Å². The zero-order valence-electron chi connectivity index (χ0n) is 21.2. The number of hydrogen-bond donors (Lipinski definition) is 0. The maximum absolute atomic E-state index is 15.1. The Kier molecular flexibility index (Phi) is 6.19. The van der Waals surface area contributed by atoms with Gasteiger partial charge in [0.15, 0.2) is 11.5 Å². The second-order valence-corrected chi connectivity index (χ2v) is 9.74. The lowest BCUT2D eigenvalue weighted by Gasteiger charge is -2.12. The van der Waals surface area contributed by atoms with Crippen LogP contribution < -0.4 is 9.47 Å². The van der Waals surface area contributed by atoms with Gasteiger partial charge in [0, 0.05) is 31.1 Å². The first-order chi connectivity index (χ1) is 18.7. The lowest BCUT2D eigenvalue weighted by molar-refractivity contribution is -0.141. The van der Waals surface area contributed by atoms with Crippen molar-refractivity contribution >= 4 is 0 Å². The first kappa shape index (κ1) is 25.2. The number of halogens is 4. The number of ether oxygens (including phenoxy) is 2. The molecule has 4 aromatic rings. The fraction of sp³-hybridized carbons (Fsp3) is 0.370. The molecule has 8 nitrogen and oxygen atoms in total. The third-order valence-electron chi connectivity index (χ3n) is 6.89. The van der Waals surface area contributed by atoms with Crippen LogP contribution in [0.25, 0.3) is 22.8 Å². The number of benzene rings is 1. The fourth-order valence-electron chi connectivity index (χ4n) is 4.73. The minimum Gasteiger partial charge on any atom is -0.480 e. The van der Waals surface area contributed by atoms with E-state index >= 15 is 4.39 Å². The summed E-state index contributed by atoms with van der Waals surface area (Å²) in [5.41, 5.74) is 1.06. The summed E-state index contributed by atoms with van der Waals surface area (Å²) in [4.78, 5) is 21.2. The zero-order valence-corrected chi connectivity index (χ0v) is 21.2. The summed E-state index contributed by atoms with van der Waals surface area (Å²) in [5, 5.41) is 0. The smallest absolute Gasteiger partial charge is 0.435 e. The highest BCUT2D eigenvalue weighted by Crippen LogP contribution is 2.47. The van der Waals surface area contributed by atoms with Crippen molar-refractivity contribution in [3.05, 3.63) is 65.3 Å².